The molecule has 142 valence electrons. The van der Waals surface area contributed by atoms with E-state index in [1.165, 1.54) is 38.5 Å². The SMILES string of the molecule is Cc1nn(C)c(C)c1S(=O)(=O)NCC1(N2CCCCC2)CCCCC1. The van der Waals surface area contributed by atoms with Gasteiger partial charge in [-0.15, -0.1) is 0 Å². The lowest BCUT2D eigenvalue weighted by atomic mass is 9.79. The number of rotatable bonds is 5. The zero-order valence-electron chi connectivity index (χ0n) is 15.8. The van der Waals surface area contributed by atoms with Crippen molar-refractivity contribution in [2.45, 2.75) is 75.6 Å². The van der Waals surface area contributed by atoms with Crippen molar-refractivity contribution in [3.63, 3.8) is 0 Å². The summed E-state index contributed by atoms with van der Waals surface area (Å²) < 4.78 is 30.5. The highest BCUT2D eigenvalue weighted by molar-refractivity contribution is 7.89. The summed E-state index contributed by atoms with van der Waals surface area (Å²) in [5.74, 6) is 0. The first-order chi connectivity index (χ1) is 11.9. The van der Waals surface area contributed by atoms with Gasteiger partial charge in [-0.3, -0.25) is 9.58 Å². The molecule has 2 fully saturated rings. The van der Waals surface area contributed by atoms with Gasteiger partial charge in [-0.2, -0.15) is 5.10 Å². The quantitative estimate of drug-likeness (QED) is 0.867. The first-order valence-electron chi connectivity index (χ1n) is 9.61. The van der Waals surface area contributed by atoms with Crippen LogP contribution in [0.25, 0.3) is 0 Å². The standard InChI is InChI=1S/C18H32N4O2S/c1-15-17(16(2)21(3)20-15)25(23,24)19-14-18(10-6-4-7-11-18)22-12-8-5-9-13-22/h19H,4-14H2,1-3H3. The molecule has 1 saturated carbocycles. The van der Waals surface area contributed by atoms with Crippen molar-refractivity contribution in [2.24, 2.45) is 7.05 Å². The molecule has 6 nitrogen and oxygen atoms in total. The third-order valence-corrected chi connectivity index (χ3v) is 7.77. The lowest BCUT2D eigenvalue weighted by Gasteiger charge is -2.48. The van der Waals surface area contributed by atoms with E-state index in [0.717, 1.165) is 25.9 Å². The molecule has 0 aromatic carbocycles. The third-order valence-electron chi connectivity index (χ3n) is 6.11. The number of sulfonamides is 1. The Bertz CT molecular complexity index is 699. The number of nitrogens with zero attached hydrogens (tertiary/aromatic N) is 3. The second kappa shape index (κ2) is 7.37. The van der Waals surface area contributed by atoms with E-state index in [-0.39, 0.29) is 5.54 Å². The topological polar surface area (TPSA) is 67.2 Å². The fourth-order valence-electron chi connectivity index (χ4n) is 4.63. The summed E-state index contributed by atoms with van der Waals surface area (Å²) in [6, 6.07) is 0. The molecular formula is C18H32N4O2S. The van der Waals surface area contributed by atoms with E-state index >= 15 is 0 Å². The van der Waals surface area contributed by atoms with Crippen molar-refractivity contribution in [2.75, 3.05) is 19.6 Å². The first-order valence-corrected chi connectivity index (χ1v) is 11.1. The molecule has 3 rings (SSSR count). The summed E-state index contributed by atoms with van der Waals surface area (Å²) in [7, 11) is -1.75. The van der Waals surface area contributed by atoms with Gasteiger partial charge in [-0.1, -0.05) is 25.7 Å². The number of nitrogens with one attached hydrogen (secondary N) is 1. The van der Waals surface area contributed by atoms with Crippen LogP contribution in [0.5, 0.6) is 0 Å². The highest BCUT2D eigenvalue weighted by Crippen LogP contribution is 2.35. The molecule has 1 N–H and O–H groups in total. The van der Waals surface area contributed by atoms with Crippen LogP contribution in [0.1, 0.15) is 62.8 Å². The molecular weight excluding hydrogens is 336 g/mol. The molecule has 1 aromatic heterocycles. The fourth-order valence-corrected chi connectivity index (χ4v) is 6.18. The minimum atomic E-state index is -3.54. The highest BCUT2D eigenvalue weighted by Gasteiger charge is 2.39. The second-order valence-corrected chi connectivity index (χ2v) is 9.48. The molecule has 1 saturated heterocycles. The Kier molecular flexibility index (Phi) is 5.56. The van der Waals surface area contributed by atoms with Crippen molar-refractivity contribution in [1.82, 2.24) is 19.4 Å². The minimum absolute atomic E-state index is 0.00421. The zero-order valence-corrected chi connectivity index (χ0v) is 16.7. The molecule has 25 heavy (non-hydrogen) atoms. The van der Waals surface area contributed by atoms with Crippen molar-refractivity contribution < 1.29 is 8.42 Å². The molecule has 0 radical (unpaired) electrons. The number of aryl methyl sites for hydroxylation is 2. The van der Waals surface area contributed by atoms with Crippen LogP contribution in [0.15, 0.2) is 4.90 Å². The van der Waals surface area contributed by atoms with E-state index in [1.807, 2.05) is 6.92 Å². The molecule has 1 aliphatic heterocycles. The van der Waals surface area contributed by atoms with Gasteiger partial charge in [0.1, 0.15) is 4.90 Å². The summed E-state index contributed by atoms with van der Waals surface area (Å²) in [5, 5.41) is 4.27. The van der Waals surface area contributed by atoms with E-state index in [4.69, 9.17) is 0 Å². The summed E-state index contributed by atoms with van der Waals surface area (Å²) in [6.45, 7) is 6.31. The lowest BCUT2D eigenvalue weighted by molar-refractivity contribution is 0.0376. The average molecular weight is 369 g/mol. The normalized spacial score (nSPS) is 22.2. The minimum Gasteiger partial charge on any atom is -0.296 e. The van der Waals surface area contributed by atoms with Gasteiger partial charge in [0.2, 0.25) is 10.0 Å². The summed E-state index contributed by atoms with van der Waals surface area (Å²) in [4.78, 5) is 2.92. The van der Waals surface area contributed by atoms with Gasteiger partial charge < -0.3 is 0 Å². The Hall–Kier alpha value is -0.920. The van der Waals surface area contributed by atoms with Gasteiger partial charge in [-0.25, -0.2) is 13.1 Å². The van der Waals surface area contributed by atoms with E-state index in [0.29, 0.717) is 22.8 Å². The Morgan fingerprint density at radius 1 is 1.04 bits per heavy atom. The number of likely N-dealkylation sites (tertiary alicyclic amines) is 1. The molecule has 0 amide bonds. The van der Waals surface area contributed by atoms with E-state index in [2.05, 4.69) is 14.7 Å². The molecule has 1 aliphatic carbocycles. The lowest BCUT2D eigenvalue weighted by Crippen LogP contribution is -2.58. The van der Waals surface area contributed by atoms with Gasteiger partial charge in [-0.05, 0) is 52.6 Å². The van der Waals surface area contributed by atoms with E-state index < -0.39 is 10.0 Å². The number of piperidine rings is 1. The third kappa shape index (κ3) is 3.78. The number of aromatic nitrogens is 2. The summed E-state index contributed by atoms with van der Waals surface area (Å²) >= 11 is 0. The zero-order chi connectivity index (χ0) is 18.1. The number of hydrogen-bond acceptors (Lipinski definition) is 4. The van der Waals surface area contributed by atoms with Crippen molar-refractivity contribution in [3.05, 3.63) is 11.4 Å². The fraction of sp³-hybridized carbons (Fsp3) is 0.833. The Morgan fingerprint density at radius 2 is 1.64 bits per heavy atom. The van der Waals surface area contributed by atoms with Gasteiger partial charge in [0, 0.05) is 19.1 Å². The molecule has 7 heteroatoms. The maximum atomic E-state index is 13.0. The van der Waals surface area contributed by atoms with Crippen LogP contribution in [-0.2, 0) is 17.1 Å². The van der Waals surface area contributed by atoms with Crippen LogP contribution >= 0.6 is 0 Å². The Balaban J connectivity index is 1.80. The molecule has 2 aliphatic rings. The molecule has 2 heterocycles. The Labute approximate surface area is 152 Å². The average Bonchev–Trinajstić information content (AvgIpc) is 2.87. The van der Waals surface area contributed by atoms with E-state index in [9.17, 15) is 8.42 Å². The monoisotopic (exact) mass is 368 g/mol. The molecule has 0 spiro atoms. The van der Waals surface area contributed by atoms with Crippen LogP contribution in [0.4, 0.5) is 0 Å². The van der Waals surface area contributed by atoms with Crippen molar-refractivity contribution in [3.8, 4) is 0 Å². The van der Waals surface area contributed by atoms with Gasteiger partial charge in [0.05, 0.1) is 11.4 Å². The first kappa shape index (κ1) is 18.9. The smallest absolute Gasteiger partial charge is 0.244 e. The van der Waals surface area contributed by atoms with Crippen LogP contribution < -0.4 is 4.72 Å². The predicted molar refractivity (Wildman–Crippen MR) is 99.1 cm³/mol. The van der Waals surface area contributed by atoms with Crippen LogP contribution in [0.3, 0.4) is 0 Å². The summed E-state index contributed by atoms with van der Waals surface area (Å²) in [6.07, 6.45) is 9.62. The van der Waals surface area contributed by atoms with Crippen LogP contribution in [0.2, 0.25) is 0 Å². The Morgan fingerprint density at radius 3 is 2.20 bits per heavy atom. The molecule has 1 aromatic rings. The molecule has 0 atom stereocenters. The van der Waals surface area contributed by atoms with Gasteiger partial charge in [0.15, 0.2) is 0 Å². The number of hydrogen-bond donors (Lipinski definition) is 1. The predicted octanol–water partition coefficient (Wildman–Crippen LogP) is 2.50. The van der Waals surface area contributed by atoms with Crippen LogP contribution in [-0.4, -0.2) is 48.3 Å². The van der Waals surface area contributed by atoms with Crippen molar-refractivity contribution >= 4 is 10.0 Å². The molecule has 0 unspecified atom stereocenters. The second-order valence-electron chi connectivity index (χ2n) is 7.78. The summed E-state index contributed by atoms with van der Waals surface area (Å²) in [5.41, 5.74) is 1.26. The van der Waals surface area contributed by atoms with Crippen LogP contribution in [0, 0.1) is 13.8 Å². The highest BCUT2D eigenvalue weighted by atomic mass is 32.2. The van der Waals surface area contributed by atoms with Gasteiger partial charge in [0.25, 0.3) is 0 Å². The van der Waals surface area contributed by atoms with Crippen molar-refractivity contribution in [1.29, 1.82) is 0 Å². The largest absolute Gasteiger partial charge is 0.296 e. The van der Waals surface area contributed by atoms with E-state index in [1.54, 1.807) is 18.7 Å². The molecule has 0 bridgehead atoms. The maximum Gasteiger partial charge on any atom is 0.244 e. The maximum absolute atomic E-state index is 13.0. The van der Waals surface area contributed by atoms with Gasteiger partial charge >= 0.3 is 0 Å².